The van der Waals surface area contributed by atoms with Crippen LogP contribution in [0.5, 0.6) is 0 Å². The van der Waals surface area contributed by atoms with Crippen LogP contribution in [0.2, 0.25) is 0 Å². The first kappa shape index (κ1) is 19.9. The van der Waals surface area contributed by atoms with Crippen LogP contribution in [0.4, 0.5) is 16.3 Å². The van der Waals surface area contributed by atoms with E-state index in [1.807, 2.05) is 12.1 Å². The molecule has 0 spiro atoms. The molecule has 1 fully saturated rings. The summed E-state index contributed by atoms with van der Waals surface area (Å²) in [5.41, 5.74) is 4.10. The Morgan fingerprint density at radius 2 is 1.88 bits per heavy atom. The third-order valence-corrected chi connectivity index (χ3v) is 5.91. The topological polar surface area (TPSA) is 98.0 Å². The molecular formula is C24H23N7O. The number of anilines is 2. The number of urea groups is 1. The zero-order valence-electron chi connectivity index (χ0n) is 17.7. The molecule has 3 aromatic rings. The van der Waals surface area contributed by atoms with Crippen molar-refractivity contribution in [2.75, 3.05) is 29.9 Å². The summed E-state index contributed by atoms with van der Waals surface area (Å²) in [5, 5.41) is 12.0. The Morgan fingerprint density at radius 3 is 2.66 bits per heavy atom. The first-order chi connectivity index (χ1) is 15.7. The van der Waals surface area contributed by atoms with E-state index in [4.69, 9.17) is 15.2 Å². The number of fused-ring (bicyclic) bond motifs is 1. The summed E-state index contributed by atoms with van der Waals surface area (Å²) in [6, 6.07) is 12.7. The molecule has 0 saturated carbocycles. The van der Waals surface area contributed by atoms with Gasteiger partial charge in [-0.1, -0.05) is 6.07 Å². The first-order valence-corrected chi connectivity index (χ1v) is 10.8. The van der Waals surface area contributed by atoms with Gasteiger partial charge in [0, 0.05) is 55.3 Å². The minimum atomic E-state index is -0.184. The van der Waals surface area contributed by atoms with Crippen molar-refractivity contribution >= 4 is 17.5 Å². The number of nitrogens with zero attached hydrogens (tertiary/aromatic N) is 6. The zero-order valence-corrected chi connectivity index (χ0v) is 17.7. The summed E-state index contributed by atoms with van der Waals surface area (Å²) < 4.78 is 0. The van der Waals surface area contributed by atoms with E-state index in [0.29, 0.717) is 36.6 Å². The highest BCUT2D eigenvalue weighted by Crippen LogP contribution is 2.31. The van der Waals surface area contributed by atoms with Crippen molar-refractivity contribution in [2.24, 2.45) is 0 Å². The lowest BCUT2D eigenvalue weighted by molar-refractivity contribution is 0.206. The Labute approximate surface area is 186 Å². The van der Waals surface area contributed by atoms with E-state index in [1.165, 1.54) is 0 Å². The second-order valence-corrected chi connectivity index (χ2v) is 8.02. The van der Waals surface area contributed by atoms with E-state index in [1.54, 1.807) is 41.6 Å². The predicted octanol–water partition coefficient (Wildman–Crippen LogP) is 3.60. The van der Waals surface area contributed by atoms with E-state index in [-0.39, 0.29) is 6.03 Å². The number of hydrogen-bond acceptors (Lipinski definition) is 6. The molecule has 160 valence electrons. The molecule has 2 aromatic heterocycles. The summed E-state index contributed by atoms with van der Waals surface area (Å²) in [5.74, 6) is 1.64. The Morgan fingerprint density at radius 1 is 1.06 bits per heavy atom. The number of benzene rings is 1. The number of rotatable bonds is 3. The molecule has 1 aromatic carbocycles. The zero-order chi connectivity index (χ0) is 21.9. The molecule has 0 atom stereocenters. The maximum atomic E-state index is 13.0. The van der Waals surface area contributed by atoms with Crippen molar-refractivity contribution in [3.63, 3.8) is 0 Å². The van der Waals surface area contributed by atoms with Gasteiger partial charge in [0.2, 0.25) is 0 Å². The van der Waals surface area contributed by atoms with E-state index in [0.717, 1.165) is 48.6 Å². The summed E-state index contributed by atoms with van der Waals surface area (Å²) in [4.78, 5) is 31.0. The minimum Gasteiger partial charge on any atom is -0.356 e. The van der Waals surface area contributed by atoms with Crippen molar-refractivity contribution < 1.29 is 4.79 Å². The van der Waals surface area contributed by atoms with Gasteiger partial charge in [-0.3, -0.25) is 4.98 Å². The van der Waals surface area contributed by atoms with E-state index in [9.17, 15) is 4.79 Å². The number of hydrogen-bond donors (Lipinski definition) is 1. The lowest BCUT2D eigenvalue weighted by Gasteiger charge is -2.32. The van der Waals surface area contributed by atoms with Crippen LogP contribution in [-0.4, -0.2) is 45.5 Å². The van der Waals surface area contributed by atoms with Crippen LogP contribution in [-0.2, 0) is 13.0 Å². The maximum absolute atomic E-state index is 13.0. The Kier molecular flexibility index (Phi) is 5.38. The fourth-order valence-corrected chi connectivity index (χ4v) is 4.26. The second-order valence-electron chi connectivity index (χ2n) is 8.02. The number of carbonyl (C=O) groups excluding carboxylic acids is 1. The summed E-state index contributed by atoms with van der Waals surface area (Å²) in [6.45, 7) is 2.96. The van der Waals surface area contributed by atoms with Crippen molar-refractivity contribution in [2.45, 2.75) is 25.8 Å². The standard InChI is InChI=1S/C24H23N7O/c25-15-17-4-3-5-19(14-17)27-24(32)31-13-8-21-20(16-31)23(30-11-1-2-12-30)29-22(28-21)18-6-9-26-10-7-18/h3-7,9-10,14H,1-2,8,11-13,16H2,(H,27,32). The van der Waals surface area contributed by atoms with Gasteiger partial charge in [-0.2, -0.15) is 5.26 Å². The Bertz CT molecular complexity index is 1180. The maximum Gasteiger partial charge on any atom is 0.322 e. The van der Waals surface area contributed by atoms with Gasteiger partial charge in [-0.15, -0.1) is 0 Å². The third kappa shape index (κ3) is 3.97. The lowest BCUT2D eigenvalue weighted by Crippen LogP contribution is -2.40. The van der Waals surface area contributed by atoms with E-state index < -0.39 is 0 Å². The molecule has 0 unspecified atom stereocenters. The predicted molar refractivity (Wildman–Crippen MR) is 121 cm³/mol. The van der Waals surface area contributed by atoms with Crippen molar-refractivity contribution in [1.82, 2.24) is 19.9 Å². The smallest absolute Gasteiger partial charge is 0.322 e. The monoisotopic (exact) mass is 425 g/mol. The van der Waals surface area contributed by atoms with Gasteiger partial charge in [0.05, 0.1) is 23.9 Å². The fourth-order valence-electron chi connectivity index (χ4n) is 4.26. The average Bonchev–Trinajstić information content (AvgIpc) is 3.38. The highest BCUT2D eigenvalue weighted by Gasteiger charge is 2.29. The number of amides is 2. The molecular weight excluding hydrogens is 402 g/mol. The van der Waals surface area contributed by atoms with Crippen LogP contribution in [0, 0.1) is 11.3 Å². The molecule has 0 radical (unpaired) electrons. The molecule has 0 aliphatic carbocycles. The number of aromatic nitrogens is 3. The molecule has 4 heterocycles. The largest absolute Gasteiger partial charge is 0.356 e. The van der Waals surface area contributed by atoms with Crippen LogP contribution in [0.1, 0.15) is 29.7 Å². The molecule has 1 N–H and O–H groups in total. The highest BCUT2D eigenvalue weighted by atomic mass is 16.2. The Balaban J connectivity index is 1.44. The van der Waals surface area contributed by atoms with Gasteiger partial charge < -0.3 is 15.1 Å². The van der Waals surface area contributed by atoms with Gasteiger partial charge in [0.25, 0.3) is 0 Å². The van der Waals surface area contributed by atoms with Gasteiger partial charge >= 0.3 is 6.03 Å². The van der Waals surface area contributed by atoms with Crippen LogP contribution in [0.3, 0.4) is 0 Å². The molecule has 8 heteroatoms. The average molecular weight is 425 g/mol. The normalized spacial score (nSPS) is 15.2. The number of carbonyl (C=O) groups is 1. The third-order valence-electron chi connectivity index (χ3n) is 5.91. The summed E-state index contributed by atoms with van der Waals surface area (Å²) in [7, 11) is 0. The number of pyridine rings is 1. The van der Waals surface area contributed by atoms with E-state index >= 15 is 0 Å². The summed E-state index contributed by atoms with van der Waals surface area (Å²) in [6.07, 6.45) is 6.45. The quantitative estimate of drug-likeness (QED) is 0.689. The molecule has 2 aliphatic rings. The minimum absolute atomic E-state index is 0.184. The molecule has 5 rings (SSSR count). The SMILES string of the molecule is N#Cc1cccc(NC(=O)N2CCc3nc(-c4ccncc4)nc(N4CCCC4)c3C2)c1. The molecule has 32 heavy (non-hydrogen) atoms. The van der Waals surface area contributed by atoms with E-state index in [2.05, 4.69) is 21.3 Å². The van der Waals surface area contributed by atoms with Gasteiger partial charge in [-0.05, 0) is 43.2 Å². The van der Waals surface area contributed by atoms with Crippen LogP contribution >= 0.6 is 0 Å². The number of nitriles is 1. The van der Waals surface area contributed by atoms with Crippen LogP contribution < -0.4 is 10.2 Å². The van der Waals surface area contributed by atoms with Crippen LogP contribution in [0.25, 0.3) is 11.4 Å². The van der Waals surface area contributed by atoms with Gasteiger partial charge in [0.1, 0.15) is 5.82 Å². The Hall–Kier alpha value is -3.99. The van der Waals surface area contributed by atoms with Gasteiger partial charge in [0.15, 0.2) is 5.82 Å². The van der Waals surface area contributed by atoms with Crippen molar-refractivity contribution in [1.29, 1.82) is 5.26 Å². The fraction of sp³-hybridized carbons (Fsp3) is 0.292. The van der Waals surface area contributed by atoms with Crippen LogP contribution in [0.15, 0.2) is 48.8 Å². The summed E-state index contributed by atoms with van der Waals surface area (Å²) >= 11 is 0. The van der Waals surface area contributed by atoms with Crippen molar-refractivity contribution in [3.05, 3.63) is 65.6 Å². The first-order valence-electron chi connectivity index (χ1n) is 10.8. The molecule has 2 amide bonds. The number of nitrogens with one attached hydrogen (secondary N) is 1. The molecule has 1 saturated heterocycles. The van der Waals surface area contributed by atoms with Crippen molar-refractivity contribution in [3.8, 4) is 17.5 Å². The molecule has 2 aliphatic heterocycles. The lowest BCUT2D eigenvalue weighted by atomic mass is 10.0. The van der Waals surface area contributed by atoms with Gasteiger partial charge in [-0.25, -0.2) is 14.8 Å². The molecule has 0 bridgehead atoms. The molecule has 8 nitrogen and oxygen atoms in total. The highest BCUT2D eigenvalue weighted by molar-refractivity contribution is 5.89. The second kappa shape index (κ2) is 8.63.